The molecule has 0 radical (unpaired) electrons. The van der Waals surface area contributed by atoms with Gasteiger partial charge in [0.2, 0.25) is 0 Å². The van der Waals surface area contributed by atoms with Crippen molar-refractivity contribution in [1.82, 2.24) is 5.32 Å². The molecule has 0 aliphatic carbocycles. The zero-order chi connectivity index (χ0) is 10.6. The quantitative estimate of drug-likeness (QED) is 0.454. The van der Waals surface area contributed by atoms with Gasteiger partial charge in [-0.15, -0.1) is 0 Å². The van der Waals surface area contributed by atoms with E-state index in [1.165, 1.54) is 7.11 Å². The number of methoxy groups -OCH3 is 2. The van der Waals surface area contributed by atoms with Crippen molar-refractivity contribution >= 4 is 17.7 Å². The molecule has 0 aromatic rings. The van der Waals surface area contributed by atoms with Crippen molar-refractivity contribution in [2.24, 2.45) is 0 Å². The third-order valence-electron chi connectivity index (χ3n) is 1.57. The van der Waals surface area contributed by atoms with Crippen LogP contribution in [-0.4, -0.2) is 51.4 Å². The number of esters is 1. The van der Waals surface area contributed by atoms with E-state index in [1.807, 2.05) is 0 Å². The second kappa shape index (κ2) is 10.8. The lowest BCUT2D eigenvalue weighted by molar-refractivity contribution is -0.137. The number of thioether (sulfide) groups is 1. The Labute approximate surface area is 89.7 Å². The summed E-state index contributed by atoms with van der Waals surface area (Å²) in [5.41, 5.74) is 0. The van der Waals surface area contributed by atoms with Crippen LogP contribution in [0, 0.1) is 0 Å². The summed E-state index contributed by atoms with van der Waals surface area (Å²) in [6, 6.07) is 0. The zero-order valence-corrected chi connectivity index (χ0v) is 9.69. The standard InChI is InChI=1S/C9H19NO3S/c1-12-6-5-10-4-3-7-14-8-9(11)13-2/h10H,3-8H2,1-2H3. The number of carbonyl (C=O) groups excluding carboxylic acids is 1. The van der Waals surface area contributed by atoms with Gasteiger partial charge in [0.25, 0.3) is 0 Å². The van der Waals surface area contributed by atoms with Gasteiger partial charge < -0.3 is 14.8 Å². The minimum Gasteiger partial charge on any atom is -0.468 e. The molecule has 0 aliphatic heterocycles. The van der Waals surface area contributed by atoms with Gasteiger partial charge in [-0.25, -0.2) is 0 Å². The fourth-order valence-corrected chi connectivity index (χ4v) is 1.59. The lowest BCUT2D eigenvalue weighted by Gasteiger charge is -2.03. The number of hydrogen-bond acceptors (Lipinski definition) is 5. The lowest BCUT2D eigenvalue weighted by atomic mass is 10.5. The monoisotopic (exact) mass is 221 g/mol. The van der Waals surface area contributed by atoms with E-state index in [2.05, 4.69) is 10.1 Å². The highest BCUT2D eigenvalue weighted by atomic mass is 32.2. The van der Waals surface area contributed by atoms with Crippen LogP contribution < -0.4 is 5.32 Å². The molecule has 0 unspecified atom stereocenters. The van der Waals surface area contributed by atoms with Crippen molar-refractivity contribution in [3.8, 4) is 0 Å². The smallest absolute Gasteiger partial charge is 0.315 e. The fraction of sp³-hybridized carbons (Fsp3) is 0.889. The minimum absolute atomic E-state index is 0.151. The van der Waals surface area contributed by atoms with Gasteiger partial charge in [-0.05, 0) is 18.7 Å². The van der Waals surface area contributed by atoms with Gasteiger partial charge in [-0.1, -0.05) is 0 Å². The summed E-state index contributed by atoms with van der Waals surface area (Å²) in [5, 5.41) is 3.23. The van der Waals surface area contributed by atoms with E-state index in [9.17, 15) is 4.79 Å². The van der Waals surface area contributed by atoms with E-state index in [4.69, 9.17) is 4.74 Å². The largest absolute Gasteiger partial charge is 0.468 e. The van der Waals surface area contributed by atoms with Gasteiger partial charge in [0, 0.05) is 13.7 Å². The van der Waals surface area contributed by atoms with Crippen molar-refractivity contribution in [2.75, 3.05) is 45.4 Å². The Morgan fingerprint density at radius 2 is 2.14 bits per heavy atom. The number of rotatable bonds is 9. The highest BCUT2D eigenvalue weighted by molar-refractivity contribution is 7.99. The molecule has 14 heavy (non-hydrogen) atoms. The molecule has 0 bridgehead atoms. The first-order chi connectivity index (χ1) is 6.81. The van der Waals surface area contributed by atoms with E-state index in [-0.39, 0.29) is 5.97 Å². The predicted molar refractivity (Wildman–Crippen MR) is 58.7 cm³/mol. The summed E-state index contributed by atoms with van der Waals surface area (Å²) in [6.45, 7) is 2.60. The highest BCUT2D eigenvalue weighted by Crippen LogP contribution is 2.01. The van der Waals surface area contributed by atoms with E-state index in [0.29, 0.717) is 5.75 Å². The van der Waals surface area contributed by atoms with E-state index in [1.54, 1.807) is 18.9 Å². The molecule has 84 valence electrons. The molecule has 0 saturated carbocycles. The molecule has 0 rings (SSSR count). The van der Waals surface area contributed by atoms with Crippen LogP contribution in [0.5, 0.6) is 0 Å². The predicted octanol–water partition coefficient (Wildman–Crippen LogP) is 0.519. The molecule has 0 aromatic heterocycles. The van der Waals surface area contributed by atoms with Crippen molar-refractivity contribution in [2.45, 2.75) is 6.42 Å². The average Bonchev–Trinajstić information content (AvgIpc) is 2.21. The summed E-state index contributed by atoms with van der Waals surface area (Å²) in [6.07, 6.45) is 1.06. The lowest BCUT2D eigenvalue weighted by Crippen LogP contribution is -2.20. The van der Waals surface area contributed by atoms with Gasteiger partial charge in [-0.2, -0.15) is 11.8 Å². The van der Waals surface area contributed by atoms with Crippen LogP contribution in [-0.2, 0) is 14.3 Å². The molecule has 5 heteroatoms. The zero-order valence-electron chi connectivity index (χ0n) is 8.88. The number of nitrogens with one attached hydrogen (secondary N) is 1. The second-order valence-corrected chi connectivity index (χ2v) is 3.83. The van der Waals surface area contributed by atoms with Crippen LogP contribution in [0.2, 0.25) is 0 Å². The molecule has 0 aliphatic rings. The third kappa shape index (κ3) is 9.83. The molecular weight excluding hydrogens is 202 g/mol. The van der Waals surface area contributed by atoms with Crippen LogP contribution in [0.25, 0.3) is 0 Å². The molecule has 0 aromatic carbocycles. The maximum absolute atomic E-state index is 10.7. The maximum Gasteiger partial charge on any atom is 0.315 e. The Morgan fingerprint density at radius 3 is 2.79 bits per heavy atom. The summed E-state index contributed by atoms with van der Waals surface area (Å²) in [7, 11) is 3.10. The van der Waals surface area contributed by atoms with Crippen LogP contribution >= 0.6 is 11.8 Å². The van der Waals surface area contributed by atoms with Gasteiger partial charge in [-0.3, -0.25) is 4.79 Å². The summed E-state index contributed by atoms with van der Waals surface area (Å²) >= 11 is 1.60. The molecule has 0 spiro atoms. The number of hydrogen-bond donors (Lipinski definition) is 1. The Morgan fingerprint density at radius 1 is 1.36 bits per heavy atom. The normalized spacial score (nSPS) is 10.1. The molecule has 0 amide bonds. The Bertz CT molecular complexity index is 144. The first kappa shape index (κ1) is 13.7. The minimum atomic E-state index is -0.151. The van der Waals surface area contributed by atoms with Crippen LogP contribution in [0.3, 0.4) is 0 Å². The summed E-state index contributed by atoms with van der Waals surface area (Å²) < 4.78 is 9.40. The van der Waals surface area contributed by atoms with E-state index < -0.39 is 0 Å². The summed E-state index contributed by atoms with van der Waals surface area (Å²) in [4.78, 5) is 10.7. The Balaban J connectivity index is 2.95. The van der Waals surface area contributed by atoms with Crippen molar-refractivity contribution < 1.29 is 14.3 Å². The van der Waals surface area contributed by atoms with Gasteiger partial charge in [0.15, 0.2) is 0 Å². The van der Waals surface area contributed by atoms with Crippen LogP contribution in [0.4, 0.5) is 0 Å². The van der Waals surface area contributed by atoms with Crippen LogP contribution in [0.15, 0.2) is 0 Å². The van der Waals surface area contributed by atoms with E-state index >= 15 is 0 Å². The number of carbonyl (C=O) groups is 1. The van der Waals surface area contributed by atoms with Crippen molar-refractivity contribution in [3.05, 3.63) is 0 Å². The average molecular weight is 221 g/mol. The molecule has 1 N–H and O–H groups in total. The highest BCUT2D eigenvalue weighted by Gasteiger charge is 1.98. The van der Waals surface area contributed by atoms with Crippen molar-refractivity contribution in [3.63, 3.8) is 0 Å². The Kier molecular flexibility index (Phi) is 10.6. The molecule has 0 heterocycles. The Hall–Kier alpha value is -0.260. The number of ether oxygens (including phenoxy) is 2. The third-order valence-corrected chi connectivity index (χ3v) is 2.59. The van der Waals surface area contributed by atoms with Crippen molar-refractivity contribution in [1.29, 1.82) is 0 Å². The van der Waals surface area contributed by atoms with E-state index in [0.717, 1.165) is 31.9 Å². The topological polar surface area (TPSA) is 47.6 Å². The fourth-order valence-electron chi connectivity index (χ4n) is 0.813. The molecule has 0 fully saturated rings. The SMILES string of the molecule is COCCNCCCSCC(=O)OC. The summed E-state index contributed by atoms with van der Waals surface area (Å²) in [5.74, 6) is 1.28. The van der Waals surface area contributed by atoms with Gasteiger partial charge in [0.05, 0.1) is 19.5 Å². The second-order valence-electron chi connectivity index (χ2n) is 2.73. The molecule has 0 saturated heterocycles. The molecule has 4 nitrogen and oxygen atoms in total. The first-order valence-corrected chi connectivity index (χ1v) is 5.81. The van der Waals surface area contributed by atoms with Gasteiger partial charge >= 0.3 is 5.97 Å². The molecular formula is C9H19NO3S. The molecule has 0 atom stereocenters. The maximum atomic E-state index is 10.7. The first-order valence-electron chi connectivity index (χ1n) is 4.65. The van der Waals surface area contributed by atoms with Gasteiger partial charge in [0.1, 0.15) is 0 Å². The van der Waals surface area contributed by atoms with Crippen LogP contribution in [0.1, 0.15) is 6.42 Å².